The van der Waals surface area contributed by atoms with Crippen LogP contribution in [-0.2, 0) is 16.1 Å². The summed E-state index contributed by atoms with van der Waals surface area (Å²) in [6.45, 7) is 8.67. The predicted molar refractivity (Wildman–Crippen MR) is 106 cm³/mol. The number of piperidine rings is 1. The molecule has 0 saturated carbocycles. The Labute approximate surface area is 167 Å². The van der Waals surface area contributed by atoms with E-state index >= 15 is 0 Å². The molecule has 0 bridgehead atoms. The van der Waals surface area contributed by atoms with Gasteiger partial charge >= 0.3 is 0 Å². The molecule has 0 radical (unpaired) electrons. The number of morpholine rings is 1. The van der Waals surface area contributed by atoms with Crippen LogP contribution in [0.3, 0.4) is 0 Å². The zero-order chi connectivity index (χ0) is 19.9. The van der Waals surface area contributed by atoms with E-state index in [1.807, 2.05) is 13.1 Å². The molecule has 0 spiro atoms. The molecule has 2 aliphatic rings. The lowest BCUT2D eigenvalue weighted by molar-refractivity contribution is -0.135. The number of nitrogens with zero attached hydrogens (tertiary/aromatic N) is 5. The number of carbonyl (C=O) groups excluding carboxylic acids is 1. The predicted octanol–water partition coefficient (Wildman–Crippen LogP) is 1.18. The normalized spacial score (nSPS) is 22.5. The maximum absolute atomic E-state index is 12.7. The third-order valence-corrected chi connectivity index (χ3v) is 5.95. The summed E-state index contributed by atoms with van der Waals surface area (Å²) in [5, 5.41) is 16.3. The van der Waals surface area contributed by atoms with Gasteiger partial charge in [-0.15, -0.1) is 0 Å². The van der Waals surface area contributed by atoms with Gasteiger partial charge in [0.25, 0.3) is 0 Å². The van der Waals surface area contributed by atoms with E-state index in [4.69, 9.17) is 10.00 Å². The molecule has 28 heavy (non-hydrogen) atoms. The Kier molecular flexibility index (Phi) is 7.43. The fourth-order valence-corrected chi connectivity index (χ4v) is 4.20. The van der Waals surface area contributed by atoms with Gasteiger partial charge in [-0.1, -0.05) is 0 Å². The van der Waals surface area contributed by atoms with Gasteiger partial charge in [0.05, 0.1) is 37.9 Å². The van der Waals surface area contributed by atoms with E-state index in [0.717, 1.165) is 58.8 Å². The van der Waals surface area contributed by atoms with E-state index in [0.29, 0.717) is 18.9 Å². The Morgan fingerprint density at radius 1 is 1.46 bits per heavy atom. The van der Waals surface area contributed by atoms with Crippen molar-refractivity contribution in [2.75, 3.05) is 53.0 Å². The van der Waals surface area contributed by atoms with Gasteiger partial charge in [0.1, 0.15) is 0 Å². The molecule has 0 aromatic carbocycles. The van der Waals surface area contributed by atoms with Gasteiger partial charge in [-0.25, -0.2) is 0 Å². The van der Waals surface area contributed by atoms with E-state index in [1.54, 1.807) is 11.9 Å². The highest BCUT2D eigenvalue weighted by molar-refractivity contribution is 5.81. The molecule has 1 aromatic rings. The van der Waals surface area contributed by atoms with Crippen LogP contribution in [0.15, 0.2) is 6.20 Å². The number of H-pyrrole nitrogens is 1. The summed E-state index contributed by atoms with van der Waals surface area (Å²) in [5.41, 5.74) is 2.48. The first-order valence-electron chi connectivity index (χ1n) is 10.3. The van der Waals surface area contributed by atoms with E-state index in [9.17, 15) is 4.79 Å². The molecular formula is C20H32N6O2. The van der Waals surface area contributed by atoms with Crippen molar-refractivity contribution >= 4 is 5.91 Å². The highest BCUT2D eigenvalue weighted by Crippen LogP contribution is 2.29. The third kappa shape index (κ3) is 5.10. The molecule has 154 valence electrons. The molecule has 3 rings (SSSR count). The minimum absolute atomic E-state index is 0.0917. The fourth-order valence-electron chi connectivity index (χ4n) is 4.20. The van der Waals surface area contributed by atoms with E-state index in [1.165, 1.54) is 11.3 Å². The van der Waals surface area contributed by atoms with Gasteiger partial charge in [0.15, 0.2) is 0 Å². The van der Waals surface area contributed by atoms with E-state index < -0.39 is 0 Å². The van der Waals surface area contributed by atoms with Gasteiger partial charge in [0.2, 0.25) is 5.91 Å². The molecule has 0 aliphatic carbocycles. The minimum Gasteiger partial charge on any atom is -0.379 e. The molecular weight excluding hydrogens is 356 g/mol. The smallest absolute Gasteiger partial charge is 0.239 e. The number of likely N-dealkylation sites (N-methyl/N-ethyl adjacent to an activating group) is 1. The Hall–Kier alpha value is -1.95. The molecule has 2 aliphatic heterocycles. The first-order valence-corrected chi connectivity index (χ1v) is 10.3. The lowest BCUT2D eigenvalue weighted by atomic mass is 9.91. The quantitative estimate of drug-likeness (QED) is 0.755. The molecule has 1 aromatic heterocycles. The highest BCUT2D eigenvalue weighted by Gasteiger charge is 2.31. The van der Waals surface area contributed by atoms with Crippen molar-refractivity contribution in [1.82, 2.24) is 24.9 Å². The number of aromatic amines is 1. The summed E-state index contributed by atoms with van der Waals surface area (Å²) in [6, 6.07) is 1.94. The zero-order valence-electron chi connectivity index (χ0n) is 17.1. The summed E-state index contributed by atoms with van der Waals surface area (Å²) in [4.78, 5) is 19.1. The van der Waals surface area contributed by atoms with Crippen molar-refractivity contribution in [3.8, 4) is 6.07 Å². The molecule has 8 heteroatoms. The number of aromatic nitrogens is 2. The van der Waals surface area contributed by atoms with Crippen LogP contribution in [0.5, 0.6) is 0 Å². The molecule has 2 saturated heterocycles. The minimum atomic E-state index is -0.169. The van der Waals surface area contributed by atoms with Crippen molar-refractivity contribution in [2.45, 2.75) is 44.7 Å². The van der Waals surface area contributed by atoms with Crippen LogP contribution in [0.1, 0.15) is 43.4 Å². The monoisotopic (exact) mass is 388 g/mol. The Morgan fingerprint density at radius 2 is 2.25 bits per heavy atom. The van der Waals surface area contributed by atoms with Gasteiger partial charge in [-0.3, -0.25) is 19.7 Å². The lowest BCUT2D eigenvalue weighted by Crippen LogP contribution is -2.49. The summed E-state index contributed by atoms with van der Waals surface area (Å²) < 4.78 is 5.45. The van der Waals surface area contributed by atoms with Gasteiger partial charge in [0, 0.05) is 56.9 Å². The molecule has 2 atom stereocenters. The van der Waals surface area contributed by atoms with Gasteiger partial charge < -0.3 is 9.64 Å². The van der Waals surface area contributed by atoms with E-state index in [2.05, 4.69) is 26.1 Å². The highest BCUT2D eigenvalue weighted by atomic mass is 16.5. The number of hydrogen-bond acceptors (Lipinski definition) is 6. The second-order valence-corrected chi connectivity index (χ2v) is 7.88. The number of nitrogens with one attached hydrogen (secondary N) is 1. The second kappa shape index (κ2) is 10.0. The largest absolute Gasteiger partial charge is 0.379 e. The van der Waals surface area contributed by atoms with Gasteiger partial charge in [-0.05, 0) is 26.3 Å². The number of nitriles is 1. The van der Waals surface area contributed by atoms with Crippen LogP contribution in [-0.4, -0.2) is 89.8 Å². The maximum atomic E-state index is 12.7. The topological polar surface area (TPSA) is 88.5 Å². The average Bonchev–Trinajstić information content (AvgIpc) is 3.19. The molecule has 3 heterocycles. The van der Waals surface area contributed by atoms with Crippen LogP contribution < -0.4 is 0 Å². The van der Waals surface area contributed by atoms with Crippen molar-refractivity contribution in [2.24, 2.45) is 0 Å². The molecule has 2 fully saturated rings. The Balaban J connectivity index is 1.61. The van der Waals surface area contributed by atoms with Crippen LogP contribution in [0.25, 0.3) is 0 Å². The van der Waals surface area contributed by atoms with Gasteiger partial charge in [-0.2, -0.15) is 10.4 Å². The fraction of sp³-hybridized carbons (Fsp3) is 0.750. The van der Waals surface area contributed by atoms with Crippen molar-refractivity contribution in [3.05, 3.63) is 17.5 Å². The van der Waals surface area contributed by atoms with Crippen molar-refractivity contribution in [1.29, 1.82) is 5.26 Å². The van der Waals surface area contributed by atoms with Crippen molar-refractivity contribution in [3.63, 3.8) is 0 Å². The zero-order valence-corrected chi connectivity index (χ0v) is 17.1. The maximum Gasteiger partial charge on any atom is 0.239 e. The number of ether oxygens (including phenoxy) is 1. The SMILES string of the molecule is C[C@@H](C(=O)N(C)CCC#N)N1CCC[C@@H](c2[nH]ncc2CN2CCOCC2)C1. The first-order chi connectivity index (χ1) is 13.6. The molecule has 8 nitrogen and oxygen atoms in total. The summed E-state index contributed by atoms with van der Waals surface area (Å²) in [6.07, 6.45) is 4.50. The number of carbonyl (C=O) groups is 1. The van der Waals surface area contributed by atoms with E-state index in [-0.39, 0.29) is 11.9 Å². The Bertz CT molecular complexity index is 678. The standard InChI is InChI=1S/C20H32N6O2/c1-16(20(27)24(2)7-4-6-21)26-8-3-5-17(15-26)19-18(13-22-23-19)14-25-9-11-28-12-10-25/h13,16-17H,3-5,7-12,14-15H2,1-2H3,(H,22,23)/t16-,17+/m0/s1. The molecule has 1 N–H and O–H groups in total. The first kappa shape index (κ1) is 20.8. The summed E-state index contributed by atoms with van der Waals surface area (Å²) in [5.74, 6) is 0.459. The third-order valence-electron chi connectivity index (χ3n) is 5.95. The average molecular weight is 389 g/mol. The molecule has 0 unspecified atom stereocenters. The van der Waals surface area contributed by atoms with Crippen LogP contribution >= 0.6 is 0 Å². The van der Waals surface area contributed by atoms with Crippen LogP contribution in [0.2, 0.25) is 0 Å². The number of hydrogen-bond donors (Lipinski definition) is 1. The van der Waals surface area contributed by atoms with Crippen LogP contribution in [0, 0.1) is 11.3 Å². The lowest BCUT2D eigenvalue weighted by Gasteiger charge is -2.37. The van der Waals surface area contributed by atoms with Crippen molar-refractivity contribution < 1.29 is 9.53 Å². The Morgan fingerprint density at radius 3 is 3.00 bits per heavy atom. The summed E-state index contributed by atoms with van der Waals surface area (Å²) >= 11 is 0. The number of likely N-dealkylation sites (tertiary alicyclic amines) is 1. The molecule has 1 amide bonds. The number of rotatable bonds is 7. The van der Waals surface area contributed by atoms with Crippen LogP contribution in [0.4, 0.5) is 0 Å². The second-order valence-electron chi connectivity index (χ2n) is 7.88. The summed E-state index contributed by atoms with van der Waals surface area (Å²) in [7, 11) is 1.78. The number of amides is 1.